The molecule has 0 spiro atoms. The molecule has 0 saturated carbocycles. The first kappa shape index (κ1) is 17.8. The summed E-state index contributed by atoms with van der Waals surface area (Å²) in [5, 5.41) is 3.94. The predicted octanol–water partition coefficient (Wildman–Crippen LogP) is 3.15. The van der Waals surface area contributed by atoms with E-state index in [1.54, 1.807) is 17.4 Å². The Balaban J connectivity index is 1.56. The topological polar surface area (TPSA) is 45.2 Å². The molecule has 1 aliphatic rings. The SMILES string of the molecule is CN(C)C/C=C/C(=O)NCc1nc2c(s1)CC(c1ccccc1)CC2. The number of carbonyl (C=O) groups is 1. The molecular weight excluding hydrogens is 330 g/mol. The highest BCUT2D eigenvalue weighted by Crippen LogP contribution is 2.35. The highest BCUT2D eigenvalue weighted by molar-refractivity contribution is 7.11. The van der Waals surface area contributed by atoms with Crippen LogP contribution in [0.5, 0.6) is 0 Å². The number of nitrogens with zero attached hydrogens (tertiary/aromatic N) is 2. The number of amides is 1. The molecule has 1 atom stereocenters. The maximum absolute atomic E-state index is 11.8. The Hall–Kier alpha value is -1.98. The first-order chi connectivity index (χ1) is 12.1. The summed E-state index contributed by atoms with van der Waals surface area (Å²) < 4.78 is 0. The normalized spacial score (nSPS) is 17.0. The standard InChI is InChI=1S/C20H25N3OS/c1-23(2)12-6-9-19(24)21-14-20-22-17-11-10-16(13-18(17)25-20)15-7-4-3-5-8-15/h3-9,16H,10-14H2,1-2H3,(H,21,24)/b9-6+. The molecule has 1 aliphatic carbocycles. The number of hydrogen-bond acceptors (Lipinski definition) is 4. The van der Waals surface area contributed by atoms with Crippen molar-refractivity contribution in [1.29, 1.82) is 0 Å². The van der Waals surface area contributed by atoms with Crippen molar-refractivity contribution in [1.82, 2.24) is 15.2 Å². The van der Waals surface area contributed by atoms with Gasteiger partial charge in [-0.1, -0.05) is 36.4 Å². The number of nitrogens with one attached hydrogen (secondary N) is 1. The third-order valence-corrected chi connectivity index (χ3v) is 5.53. The molecule has 1 N–H and O–H groups in total. The summed E-state index contributed by atoms with van der Waals surface area (Å²) in [6.07, 6.45) is 6.71. The number of fused-ring (bicyclic) bond motifs is 1. The predicted molar refractivity (Wildman–Crippen MR) is 103 cm³/mol. The van der Waals surface area contributed by atoms with Crippen molar-refractivity contribution >= 4 is 17.2 Å². The summed E-state index contributed by atoms with van der Waals surface area (Å²) in [5.74, 6) is 0.530. The van der Waals surface area contributed by atoms with E-state index in [4.69, 9.17) is 4.98 Å². The molecule has 1 amide bonds. The third-order valence-electron chi connectivity index (χ3n) is 4.41. The number of thiazole rings is 1. The van der Waals surface area contributed by atoms with E-state index >= 15 is 0 Å². The van der Waals surface area contributed by atoms with Gasteiger partial charge in [0.1, 0.15) is 5.01 Å². The van der Waals surface area contributed by atoms with Gasteiger partial charge in [-0.2, -0.15) is 0 Å². The van der Waals surface area contributed by atoms with E-state index in [0.717, 1.165) is 30.8 Å². The van der Waals surface area contributed by atoms with E-state index in [9.17, 15) is 4.79 Å². The van der Waals surface area contributed by atoms with Crippen LogP contribution in [-0.2, 0) is 24.2 Å². The van der Waals surface area contributed by atoms with Crippen molar-refractivity contribution in [2.75, 3.05) is 20.6 Å². The van der Waals surface area contributed by atoms with E-state index < -0.39 is 0 Å². The minimum atomic E-state index is -0.0582. The zero-order chi connectivity index (χ0) is 17.6. The largest absolute Gasteiger partial charge is 0.346 e. The van der Waals surface area contributed by atoms with Crippen molar-refractivity contribution in [3.8, 4) is 0 Å². The van der Waals surface area contributed by atoms with E-state index in [2.05, 4.69) is 35.6 Å². The number of likely N-dealkylation sites (N-methyl/N-ethyl adjacent to an activating group) is 1. The van der Waals surface area contributed by atoms with E-state index in [1.807, 2.05) is 25.1 Å². The Morgan fingerprint density at radius 2 is 2.16 bits per heavy atom. The molecule has 1 unspecified atom stereocenters. The molecule has 1 aromatic heterocycles. The number of aryl methyl sites for hydroxylation is 1. The zero-order valence-corrected chi connectivity index (χ0v) is 15.7. The second kappa shape index (κ2) is 8.41. The lowest BCUT2D eigenvalue weighted by atomic mass is 9.85. The highest BCUT2D eigenvalue weighted by Gasteiger charge is 2.23. The van der Waals surface area contributed by atoms with Crippen molar-refractivity contribution in [2.45, 2.75) is 31.7 Å². The van der Waals surface area contributed by atoms with Crippen molar-refractivity contribution in [3.63, 3.8) is 0 Å². The smallest absolute Gasteiger partial charge is 0.244 e. The number of hydrogen-bond donors (Lipinski definition) is 1. The molecule has 0 fully saturated rings. The van der Waals surface area contributed by atoms with Gasteiger partial charge in [0.2, 0.25) is 5.91 Å². The molecule has 25 heavy (non-hydrogen) atoms. The summed E-state index contributed by atoms with van der Waals surface area (Å²) in [7, 11) is 3.95. The van der Waals surface area contributed by atoms with Crippen LogP contribution in [0, 0.1) is 0 Å². The third kappa shape index (κ3) is 5.00. The fourth-order valence-electron chi connectivity index (χ4n) is 3.11. The van der Waals surface area contributed by atoms with E-state index in [-0.39, 0.29) is 5.91 Å². The molecule has 5 heteroatoms. The average molecular weight is 356 g/mol. The summed E-state index contributed by atoms with van der Waals surface area (Å²) in [6.45, 7) is 1.28. The number of rotatable bonds is 6. The zero-order valence-electron chi connectivity index (χ0n) is 14.9. The van der Waals surface area contributed by atoms with Crippen molar-refractivity contribution < 1.29 is 4.79 Å². The van der Waals surface area contributed by atoms with Gasteiger partial charge in [0.05, 0.1) is 12.2 Å². The minimum Gasteiger partial charge on any atom is -0.346 e. The monoisotopic (exact) mass is 355 g/mol. The molecule has 0 radical (unpaired) electrons. The van der Waals surface area contributed by atoms with Gasteiger partial charge < -0.3 is 10.2 Å². The molecule has 3 rings (SSSR count). The van der Waals surface area contributed by atoms with Gasteiger partial charge in [0, 0.05) is 17.5 Å². The van der Waals surface area contributed by atoms with Crippen molar-refractivity contribution in [2.24, 2.45) is 0 Å². The second-order valence-corrected chi connectivity index (χ2v) is 7.88. The Morgan fingerprint density at radius 3 is 2.92 bits per heavy atom. The number of aromatic nitrogens is 1. The minimum absolute atomic E-state index is 0.0582. The maximum Gasteiger partial charge on any atom is 0.244 e. The highest BCUT2D eigenvalue weighted by atomic mass is 32.1. The van der Waals surface area contributed by atoms with Crippen LogP contribution in [0.4, 0.5) is 0 Å². The summed E-state index contributed by atoms with van der Waals surface area (Å²) in [4.78, 5) is 20.0. The van der Waals surface area contributed by atoms with Gasteiger partial charge in [0.25, 0.3) is 0 Å². The van der Waals surface area contributed by atoms with Crippen LogP contribution in [0.25, 0.3) is 0 Å². The number of benzene rings is 1. The van der Waals surface area contributed by atoms with E-state index in [1.165, 1.54) is 16.1 Å². The lowest BCUT2D eigenvalue weighted by Crippen LogP contribution is -2.21. The van der Waals surface area contributed by atoms with Gasteiger partial charge in [-0.15, -0.1) is 11.3 Å². The molecule has 4 nitrogen and oxygen atoms in total. The Labute approximate surface area is 153 Å². The Morgan fingerprint density at radius 1 is 1.36 bits per heavy atom. The van der Waals surface area contributed by atoms with Crippen LogP contribution in [0.1, 0.15) is 33.5 Å². The van der Waals surface area contributed by atoms with Crippen LogP contribution >= 0.6 is 11.3 Å². The molecule has 0 bridgehead atoms. The average Bonchev–Trinajstić information content (AvgIpc) is 3.02. The van der Waals surface area contributed by atoms with Gasteiger partial charge in [0.15, 0.2) is 0 Å². The summed E-state index contributed by atoms with van der Waals surface area (Å²) in [6, 6.07) is 10.7. The van der Waals surface area contributed by atoms with Crippen molar-refractivity contribution in [3.05, 3.63) is 63.6 Å². The second-order valence-electron chi connectivity index (χ2n) is 6.71. The van der Waals surface area contributed by atoms with Gasteiger partial charge >= 0.3 is 0 Å². The molecular formula is C20H25N3OS. The van der Waals surface area contributed by atoms with Crippen LogP contribution < -0.4 is 5.32 Å². The van der Waals surface area contributed by atoms with Gasteiger partial charge in [-0.3, -0.25) is 4.79 Å². The lowest BCUT2D eigenvalue weighted by molar-refractivity contribution is -0.116. The Kier molecular flexibility index (Phi) is 6.00. The molecule has 132 valence electrons. The number of carbonyl (C=O) groups excluding carboxylic acids is 1. The van der Waals surface area contributed by atoms with E-state index in [0.29, 0.717) is 12.5 Å². The Bertz CT molecular complexity index is 737. The summed E-state index contributed by atoms with van der Waals surface area (Å²) >= 11 is 1.75. The molecule has 0 aliphatic heterocycles. The quantitative estimate of drug-likeness (QED) is 0.810. The lowest BCUT2D eigenvalue weighted by Gasteiger charge is -2.21. The molecule has 1 aromatic carbocycles. The first-order valence-electron chi connectivity index (χ1n) is 8.73. The summed E-state index contributed by atoms with van der Waals surface area (Å²) in [5.41, 5.74) is 2.65. The molecule has 1 heterocycles. The van der Waals surface area contributed by atoms with Crippen LogP contribution in [0.15, 0.2) is 42.5 Å². The fraction of sp³-hybridized carbons (Fsp3) is 0.400. The van der Waals surface area contributed by atoms with Crippen LogP contribution in [0.3, 0.4) is 0 Å². The first-order valence-corrected chi connectivity index (χ1v) is 9.55. The fourth-order valence-corrected chi connectivity index (χ4v) is 4.24. The van der Waals surface area contributed by atoms with Gasteiger partial charge in [-0.25, -0.2) is 4.98 Å². The van der Waals surface area contributed by atoms with Crippen LogP contribution in [-0.4, -0.2) is 36.4 Å². The van der Waals surface area contributed by atoms with Gasteiger partial charge in [-0.05, 0) is 44.8 Å². The molecule has 0 saturated heterocycles. The molecule has 2 aromatic rings. The maximum atomic E-state index is 11.8. The van der Waals surface area contributed by atoms with Crippen LogP contribution in [0.2, 0.25) is 0 Å².